The zero-order chi connectivity index (χ0) is 14.7. The number of carbonyl (C=O) groups is 1. The van der Waals surface area contributed by atoms with E-state index in [-0.39, 0.29) is 5.82 Å². The molecule has 2 aromatic rings. The van der Waals surface area contributed by atoms with E-state index in [1.54, 1.807) is 25.1 Å². The van der Waals surface area contributed by atoms with Crippen LogP contribution in [0.2, 0.25) is 5.02 Å². The van der Waals surface area contributed by atoms with Gasteiger partial charge in [0.2, 0.25) is 0 Å². The Bertz CT molecular complexity index is 628. The molecule has 0 heterocycles. The average Bonchev–Trinajstić information content (AvgIpc) is 2.42. The largest absolute Gasteiger partial charge is 0.454 e. The number of esters is 1. The summed E-state index contributed by atoms with van der Waals surface area (Å²) < 4.78 is 18.1. The molecule has 0 aromatic heterocycles. The number of rotatable bonds is 3. The fourth-order valence-corrected chi connectivity index (χ4v) is 1.82. The van der Waals surface area contributed by atoms with Gasteiger partial charge in [-0.1, -0.05) is 23.7 Å². The van der Waals surface area contributed by atoms with E-state index < -0.39 is 12.1 Å². The Labute approximate surface area is 121 Å². The smallest absolute Gasteiger partial charge is 0.338 e. The van der Waals surface area contributed by atoms with Crippen molar-refractivity contribution in [3.63, 3.8) is 0 Å². The second-order valence-corrected chi connectivity index (χ2v) is 4.74. The van der Waals surface area contributed by atoms with E-state index in [1.165, 1.54) is 24.3 Å². The molecule has 0 spiro atoms. The Morgan fingerprint density at radius 2 is 1.90 bits per heavy atom. The van der Waals surface area contributed by atoms with Crippen molar-refractivity contribution in [2.75, 3.05) is 5.73 Å². The summed E-state index contributed by atoms with van der Waals surface area (Å²) in [6, 6.07) is 10.3. The lowest BCUT2D eigenvalue weighted by Gasteiger charge is -2.14. The molecule has 1 unspecified atom stereocenters. The maximum Gasteiger partial charge on any atom is 0.338 e. The van der Waals surface area contributed by atoms with Gasteiger partial charge < -0.3 is 10.5 Å². The van der Waals surface area contributed by atoms with Crippen LogP contribution in [0.3, 0.4) is 0 Å². The average molecular weight is 294 g/mol. The number of hydrogen-bond donors (Lipinski definition) is 1. The van der Waals surface area contributed by atoms with E-state index in [9.17, 15) is 9.18 Å². The molecular weight excluding hydrogens is 281 g/mol. The molecule has 3 nitrogen and oxygen atoms in total. The number of nitrogen functional groups attached to an aromatic ring is 1. The van der Waals surface area contributed by atoms with E-state index in [0.717, 1.165) is 0 Å². The van der Waals surface area contributed by atoms with Crippen molar-refractivity contribution in [3.05, 3.63) is 64.4 Å². The summed E-state index contributed by atoms with van der Waals surface area (Å²) in [5.41, 5.74) is 6.98. The minimum Gasteiger partial charge on any atom is -0.454 e. The van der Waals surface area contributed by atoms with Crippen LogP contribution < -0.4 is 5.73 Å². The fraction of sp³-hybridized carbons (Fsp3) is 0.133. The summed E-state index contributed by atoms with van der Waals surface area (Å²) in [4.78, 5) is 12.0. The minimum absolute atomic E-state index is 0.315. The van der Waals surface area contributed by atoms with Gasteiger partial charge in [-0.2, -0.15) is 0 Å². The zero-order valence-electron chi connectivity index (χ0n) is 10.8. The number of nitrogens with two attached hydrogens (primary N) is 1. The van der Waals surface area contributed by atoms with Crippen LogP contribution in [0.4, 0.5) is 10.1 Å². The summed E-state index contributed by atoms with van der Waals surface area (Å²) in [7, 11) is 0. The van der Waals surface area contributed by atoms with Crippen molar-refractivity contribution >= 4 is 23.3 Å². The lowest BCUT2D eigenvalue weighted by molar-refractivity contribution is 0.0338. The number of benzene rings is 2. The van der Waals surface area contributed by atoms with Crippen LogP contribution in [-0.2, 0) is 4.74 Å². The van der Waals surface area contributed by atoms with Gasteiger partial charge in [0.05, 0.1) is 16.3 Å². The van der Waals surface area contributed by atoms with Crippen molar-refractivity contribution in [1.82, 2.24) is 0 Å². The monoisotopic (exact) mass is 293 g/mol. The second-order valence-electron chi connectivity index (χ2n) is 4.34. The molecule has 0 bridgehead atoms. The first kappa shape index (κ1) is 14.3. The first-order valence-electron chi connectivity index (χ1n) is 5.99. The lowest BCUT2D eigenvalue weighted by Crippen LogP contribution is -2.09. The molecule has 0 saturated heterocycles. The van der Waals surface area contributed by atoms with Gasteiger partial charge in [-0.25, -0.2) is 9.18 Å². The molecule has 2 N–H and O–H groups in total. The van der Waals surface area contributed by atoms with Crippen LogP contribution in [-0.4, -0.2) is 5.97 Å². The van der Waals surface area contributed by atoms with E-state index in [4.69, 9.17) is 22.1 Å². The number of anilines is 1. The Morgan fingerprint density at radius 1 is 1.25 bits per heavy atom. The zero-order valence-corrected chi connectivity index (χ0v) is 11.5. The van der Waals surface area contributed by atoms with Gasteiger partial charge >= 0.3 is 5.97 Å². The Morgan fingerprint density at radius 3 is 2.50 bits per heavy atom. The van der Waals surface area contributed by atoms with E-state index in [1.807, 2.05) is 0 Å². The molecule has 5 heteroatoms. The predicted octanol–water partition coefficient (Wildman–Crippen LogP) is 3.98. The van der Waals surface area contributed by atoms with Crippen LogP contribution in [0.1, 0.15) is 28.9 Å². The fourth-order valence-electron chi connectivity index (χ4n) is 1.70. The molecule has 0 radical (unpaired) electrons. The van der Waals surface area contributed by atoms with Crippen LogP contribution in [0.25, 0.3) is 0 Å². The Balaban J connectivity index is 2.10. The molecule has 0 aliphatic rings. The number of halogens is 2. The highest BCUT2D eigenvalue weighted by Gasteiger charge is 2.14. The third kappa shape index (κ3) is 3.27. The molecule has 104 valence electrons. The lowest BCUT2D eigenvalue weighted by atomic mass is 10.1. The maximum atomic E-state index is 12.8. The van der Waals surface area contributed by atoms with Gasteiger partial charge in [0.1, 0.15) is 11.9 Å². The summed E-state index contributed by atoms with van der Waals surface area (Å²) >= 11 is 5.79. The van der Waals surface area contributed by atoms with Gasteiger partial charge in [-0.15, -0.1) is 0 Å². The number of ether oxygens (including phenoxy) is 1. The minimum atomic E-state index is -0.509. The summed E-state index contributed by atoms with van der Waals surface area (Å²) in [6.07, 6.45) is -0.486. The summed E-state index contributed by atoms with van der Waals surface area (Å²) in [6.45, 7) is 1.71. The summed E-state index contributed by atoms with van der Waals surface area (Å²) in [5.74, 6) is -0.844. The Kier molecular flexibility index (Phi) is 4.25. The maximum absolute atomic E-state index is 12.8. The molecular formula is C15H13ClFNO2. The van der Waals surface area contributed by atoms with E-state index in [0.29, 0.717) is 21.8 Å². The highest BCUT2D eigenvalue weighted by Crippen LogP contribution is 2.23. The number of hydrogen-bond acceptors (Lipinski definition) is 3. The van der Waals surface area contributed by atoms with Gasteiger partial charge in [-0.3, -0.25) is 0 Å². The predicted molar refractivity (Wildman–Crippen MR) is 76.1 cm³/mol. The van der Waals surface area contributed by atoms with Crippen molar-refractivity contribution in [1.29, 1.82) is 0 Å². The van der Waals surface area contributed by atoms with E-state index >= 15 is 0 Å². The highest BCUT2D eigenvalue weighted by atomic mass is 35.5. The number of carbonyl (C=O) groups excluding carboxylic acids is 1. The van der Waals surface area contributed by atoms with Crippen molar-refractivity contribution in [2.45, 2.75) is 13.0 Å². The second kappa shape index (κ2) is 5.92. The first-order valence-corrected chi connectivity index (χ1v) is 6.36. The SMILES string of the molecule is CC(OC(=O)c1ccc(Cl)c(N)c1)c1ccc(F)cc1. The molecule has 0 fully saturated rings. The molecule has 0 aliphatic heterocycles. The third-order valence-electron chi connectivity index (χ3n) is 2.85. The van der Waals surface area contributed by atoms with Gasteiger partial charge in [0.25, 0.3) is 0 Å². The molecule has 20 heavy (non-hydrogen) atoms. The van der Waals surface area contributed by atoms with Crippen LogP contribution >= 0.6 is 11.6 Å². The third-order valence-corrected chi connectivity index (χ3v) is 3.20. The summed E-state index contributed by atoms with van der Waals surface area (Å²) in [5, 5.41) is 0.383. The first-order chi connectivity index (χ1) is 9.47. The van der Waals surface area contributed by atoms with Crippen molar-refractivity contribution in [2.24, 2.45) is 0 Å². The molecule has 2 rings (SSSR count). The van der Waals surface area contributed by atoms with Crippen LogP contribution in [0.5, 0.6) is 0 Å². The molecule has 2 aromatic carbocycles. The van der Waals surface area contributed by atoms with Crippen molar-refractivity contribution in [3.8, 4) is 0 Å². The molecule has 1 atom stereocenters. The van der Waals surface area contributed by atoms with Gasteiger partial charge in [0, 0.05) is 0 Å². The highest BCUT2D eigenvalue weighted by molar-refractivity contribution is 6.33. The topological polar surface area (TPSA) is 52.3 Å². The van der Waals surface area contributed by atoms with Crippen LogP contribution in [0.15, 0.2) is 42.5 Å². The molecule has 0 amide bonds. The normalized spacial score (nSPS) is 11.9. The van der Waals surface area contributed by atoms with Crippen LogP contribution in [0, 0.1) is 5.82 Å². The molecule has 0 saturated carbocycles. The quantitative estimate of drug-likeness (QED) is 0.688. The van der Waals surface area contributed by atoms with Crippen molar-refractivity contribution < 1.29 is 13.9 Å². The van der Waals surface area contributed by atoms with E-state index in [2.05, 4.69) is 0 Å². The van der Waals surface area contributed by atoms with Gasteiger partial charge in [0.15, 0.2) is 0 Å². The standard InChI is InChI=1S/C15H13ClFNO2/c1-9(10-2-5-12(17)6-3-10)20-15(19)11-4-7-13(16)14(18)8-11/h2-9H,18H2,1H3. The molecule has 0 aliphatic carbocycles. The Hall–Kier alpha value is -2.07. The van der Waals surface area contributed by atoms with Gasteiger partial charge in [-0.05, 0) is 42.8 Å².